The lowest BCUT2D eigenvalue weighted by atomic mass is 10.1. The second-order valence-corrected chi connectivity index (χ2v) is 7.03. The average Bonchev–Trinajstić information content (AvgIpc) is 3.27. The smallest absolute Gasteiger partial charge is 0.350 e. The maximum Gasteiger partial charge on any atom is 0.350 e. The van der Waals surface area contributed by atoms with Crippen molar-refractivity contribution in [2.45, 2.75) is 26.9 Å². The molecule has 1 amide bonds. The lowest BCUT2D eigenvalue weighted by molar-refractivity contribution is -0.115. The minimum Gasteiger partial charge on any atom is -0.489 e. The number of esters is 1. The predicted octanol–water partition coefficient (Wildman–Crippen LogP) is 3.90. The van der Waals surface area contributed by atoms with E-state index >= 15 is 0 Å². The molecule has 2 heterocycles. The topological polar surface area (TPSA) is 90.7 Å². The van der Waals surface area contributed by atoms with Gasteiger partial charge < -0.3 is 19.3 Å². The van der Waals surface area contributed by atoms with Gasteiger partial charge in [0.15, 0.2) is 0 Å². The zero-order valence-corrected chi connectivity index (χ0v) is 16.6. The molecule has 0 fully saturated rings. The summed E-state index contributed by atoms with van der Waals surface area (Å²) in [4.78, 5) is 24.3. The third-order valence-electron chi connectivity index (χ3n) is 4.16. The van der Waals surface area contributed by atoms with Crippen molar-refractivity contribution < 1.29 is 23.6 Å². The maximum atomic E-state index is 12.3. The summed E-state index contributed by atoms with van der Waals surface area (Å²) in [5.41, 5.74) is 3.03. The van der Waals surface area contributed by atoms with Crippen LogP contribution >= 0.6 is 11.3 Å². The standard InChI is InChI=1S/C20H20N2O5S/c1-12-16(13(2)27-22-12)11-26-15-6-4-14(5-7-15)10-18(23)21-17-8-9-28-19(17)20(24)25-3/h4-9H,10-11H2,1-3H3,(H,21,23). The van der Waals surface area contributed by atoms with E-state index in [-0.39, 0.29) is 12.3 Å². The molecule has 0 atom stereocenters. The summed E-state index contributed by atoms with van der Waals surface area (Å²) in [6.45, 7) is 4.09. The molecule has 0 aliphatic carbocycles. The van der Waals surface area contributed by atoms with Gasteiger partial charge in [-0.15, -0.1) is 11.3 Å². The van der Waals surface area contributed by atoms with Crippen LogP contribution in [0.15, 0.2) is 40.2 Å². The fraction of sp³-hybridized carbons (Fsp3) is 0.250. The first-order valence-electron chi connectivity index (χ1n) is 8.57. The first kappa shape index (κ1) is 19.6. The fourth-order valence-electron chi connectivity index (χ4n) is 2.61. The number of rotatable bonds is 7. The Morgan fingerprint density at radius 1 is 1.18 bits per heavy atom. The van der Waals surface area contributed by atoms with Gasteiger partial charge in [-0.3, -0.25) is 4.79 Å². The molecule has 0 saturated heterocycles. The van der Waals surface area contributed by atoms with Gasteiger partial charge in [-0.2, -0.15) is 0 Å². The zero-order valence-electron chi connectivity index (χ0n) is 15.8. The molecule has 146 valence electrons. The van der Waals surface area contributed by atoms with Crippen LogP contribution in [0, 0.1) is 13.8 Å². The van der Waals surface area contributed by atoms with Crippen LogP contribution in [0.3, 0.4) is 0 Å². The molecule has 2 aromatic heterocycles. The van der Waals surface area contributed by atoms with Gasteiger partial charge in [0.05, 0.1) is 30.5 Å². The Morgan fingerprint density at radius 2 is 1.93 bits per heavy atom. The van der Waals surface area contributed by atoms with Crippen molar-refractivity contribution in [1.82, 2.24) is 5.16 Å². The molecule has 3 rings (SSSR count). The van der Waals surface area contributed by atoms with E-state index in [1.54, 1.807) is 11.4 Å². The minimum atomic E-state index is -0.468. The molecular weight excluding hydrogens is 380 g/mol. The summed E-state index contributed by atoms with van der Waals surface area (Å²) in [7, 11) is 1.31. The van der Waals surface area contributed by atoms with Crippen molar-refractivity contribution >= 4 is 28.9 Å². The summed E-state index contributed by atoms with van der Waals surface area (Å²) in [6.07, 6.45) is 0.181. The number of carbonyl (C=O) groups excluding carboxylic acids is 2. The molecule has 0 bridgehead atoms. The number of hydrogen-bond acceptors (Lipinski definition) is 7. The number of carbonyl (C=O) groups is 2. The van der Waals surface area contributed by atoms with Crippen molar-refractivity contribution in [3.8, 4) is 5.75 Å². The number of methoxy groups -OCH3 is 1. The Balaban J connectivity index is 1.56. The van der Waals surface area contributed by atoms with Crippen LogP contribution in [0.4, 0.5) is 5.69 Å². The second kappa shape index (κ2) is 8.71. The number of anilines is 1. The van der Waals surface area contributed by atoms with Crippen LogP contribution < -0.4 is 10.1 Å². The average molecular weight is 400 g/mol. The number of aryl methyl sites for hydroxylation is 2. The third-order valence-corrected chi connectivity index (χ3v) is 5.06. The molecule has 3 aromatic rings. The first-order valence-corrected chi connectivity index (χ1v) is 9.45. The highest BCUT2D eigenvalue weighted by Crippen LogP contribution is 2.23. The molecule has 0 spiro atoms. The molecule has 1 aromatic carbocycles. The zero-order chi connectivity index (χ0) is 20.1. The highest BCUT2D eigenvalue weighted by atomic mass is 32.1. The number of nitrogens with zero attached hydrogens (tertiary/aromatic N) is 1. The lowest BCUT2D eigenvalue weighted by Crippen LogP contribution is -2.16. The van der Waals surface area contributed by atoms with E-state index in [2.05, 4.69) is 10.5 Å². The Hall–Kier alpha value is -3.13. The van der Waals surface area contributed by atoms with Gasteiger partial charge in [-0.25, -0.2) is 4.79 Å². The Kier molecular flexibility index (Phi) is 6.10. The number of hydrogen-bond donors (Lipinski definition) is 1. The number of amides is 1. The molecule has 8 heteroatoms. The van der Waals surface area contributed by atoms with Gasteiger partial charge in [0, 0.05) is 0 Å². The van der Waals surface area contributed by atoms with Gasteiger partial charge in [0.25, 0.3) is 0 Å². The van der Waals surface area contributed by atoms with E-state index in [9.17, 15) is 9.59 Å². The van der Waals surface area contributed by atoms with E-state index in [1.165, 1.54) is 18.4 Å². The van der Waals surface area contributed by atoms with Crippen LogP contribution in [-0.4, -0.2) is 24.1 Å². The van der Waals surface area contributed by atoms with Crippen molar-refractivity contribution in [2.24, 2.45) is 0 Å². The van der Waals surface area contributed by atoms with E-state index in [4.69, 9.17) is 14.0 Å². The van der Waals surface area contributed by atoms with E-state index < -0.39 is 5.97 Å². The van der Waals surface area contributed by atoms with E-state index in [0.29, 0.717) is 22.9 Å². The largest absolute Gasteiger partial charge is 0.489 e. The SMILES string of the molecule is COC(=O)c1sccc1NC(=O)Cc1ccc(OCc2c(C)noc2C)cc1. The molecular formula is C20H20N2O5S. The molecule has 0 aliphatic heterocycles. The molecule has 0 radical (unpaired) electrons. The molecule has 0 unspecified atom stereocenters. The Bertz CT molecular complexity index is 955. The third kappa shape index (κ3) is 4.58. The summed E-state index contributed by atoms with van der Waals surface area (Å²) in [5.74, 6) is 0.749. The van der Waals surface area contributed by atoms with Gasteiger partial charge in [0.2, 0.25) is 5.91 Å². The molecule has 7 nitrogen and oxygen atoms in total. The fourth-order valence-corrected chi connectivity index (χ4v) is 3.37. The number of ether oxygens (including phenoxy) is 2. The monoisotopic (exact) mass is 400 g/mol. The van der Waals surface area contributed by atoms with Crippen molar-refractivity contribution in [3.05, 3.63) is 63.2 Å². The normalized spacial score (nSPS) is 10.5. The van der Waals surface area contributed by atoms with Crippen molar-refractivity contribution in [1.29, 1.82) is 0 Å². The van der Waals surface area contributed by atoms with Gasteiger partial charge in [-0.05, 0) is 43.0 Å². The first-order chi connectivity index (χ1) is 13.5. The Labute approximate surface area is 166 Å². The Morgan fingerprint density at radius 3 is 2.57 bits per heavy atom. The maximum absolute atomic E-state index is 12.3. The summed E-state index contributed by atoms with van der Waals surface area (Å²) in [5, 5.41) is 8.38. The van der Waals surface area contributed by atoms with Crippen LogP contribution in [0.2, 0.25) is 0 Å². The van der Waals surface area contributed by atoms with Crippen molar-refractivity contribution in [2.75, 3.05) is 12.4 Å². The summed E-state index contributed by atoms with van der Waals surface area (Å²) < 4.78 is 15.6. The minimum absolute atomic E-state index is 0.181. The van der Waals surface area contributed by atoms with E-state index in [0.717, 1.165) is 22.6 Å². The van der Waals surface area contributed by atoms with E-state index in [1.807, 2.05) is 38.1 Å². The second-order valence-electron chi connectivity index (χ2n) is 6.12. The van der Waals surface area contributed by atoms with Crippen molar-refractivity contribution in [3.63, 3.8) is 0 Å². The highest BCUT2D eigenvalue weighted by Gasteiger charge is 2.16. The van der Waals surface area contributed by atoms with Crippen LogP contribution in [0.5, 0.6) is 5.75 Å². The number of nitrogens with one attached hydrogen (secondary N) is 1. The number of aromatic nitrogens is 1. The summed E-state index contributed by atoms with van der Waals surface area (Å²) >= 11 is 1.22. The number of thiophene rings is 1. The van der Waals surface area contributed by atoms with Gasteiger partial charge in [-0.1, -0.05) is 17.3 Å². The predicted molar refractivity (Wildman–Crippen MR) is 105 cm³/mol. The molecule has 1 N–H and O–H groups in total. The highest BCUT2D eigenvalue weighted by molar-refractivity contribution is 7.12. The van der Waals surface area contributed by atoms with Gasteiger partial charge >= 0.3 is 5.97 Å². The molecule has 0 aliphatic rings. The molecule has 0 saturated carbocycles. The number of benzene rings is 1. The van der Waals surface area contributed by atoms with Crippen LogP contribution in [0.25, 0.3) is 0 Å². The van der Waals surface area contributed by atoms with Crippen LogP contribution in [-0.2, 0) is 22.6 Å². The quantitative estimate of drug-likeness (QED) is 0.605. The van der Waals surface area contributed by atoms with Crippen LogP contribution in [0.1, 0.15) is 32.3 Å². The van der Waals surface area contributed by atoms with Gasteiger partial charge in [0.1, 0.15) is 23.0 Å². The lowest BCUT2D eigenvalue weighted by Gasteiger charge is -2.08. The molecule has 28 heavy (non-hydrogen) atoms. The summed E-state index contributed by atoms with van der Waals surface area (Å²) in [6, 6.07) is 8.96.